The highest BCUT2D eigenvalue weighted by atomic mass is 15.1. The second-order valence-electron chi connectivity index (χ2n) is 18.0. The molecule has 0 bridgehead atoms. The van der Waals surface area contributed by atoms with Gasteiger partial charge in [0.05, 0.1) is 0 Å². The second kappa shape index (κ2) is 17.0. The van der Waals surface area contributed by atoms with E-state index in [4.69, 9.17) is 0 Å². The molecule has 1 heteroatoms. The van der Waals surface area contributed by atoms with E-state index in [2.05, 4.69) is 278 Å². The van der Waals surface area contributed by atoms with Gasteiger partial charge in [-0.3, -0.25) is 0 Å². The van der Waals surface area contributed by atoms with Crippen LogP contribution in [-0.4, -0.2) is 0 Å². The maximum atomic E-state index is 2.39. The van der Waals surface area contributed by atoms with Crippen molar-refractivity contribution in [2.45, 2.75) is 0 Å². The van der Waals surface area contributed by atoms with Crippen LogP contribution in [0.15, 0.2) is 261 Å². The minimum atomic E-state index is 1.09. The van der Waals surface area contributed by atoms with Crippen molar-refractivity contribution in [1.29, 1.82) is 0 Å². The molecule has 0 spiro atoms. The van der Waals surface area contributed by atoms with Gasteiger partial charge in [0.2, 0.25) is 0 Å². The maximum absolute atomic E-state index is 2.39. The van der Waals surface area contributed by atoms with Crippen LogP contribution in [0.4, 0.5) is 17.1 Å². The smallest absolute Gasteiger partial charge is 0.0462 e. The first-order valence-electron chi connectivity index (χ1n) is 23.8. The van der Waals surface area contributed by atoms with Gasteiger partial charge in [0, 0.05) is 17.1 Å². The summed E-state index contributed by atoms with van der Waals surface area (Å²) in [7, 11) is 0. The third kappa shape index (κ3) is 7.12. The number of benzene rings is 12. The molecule has 1 aliphatic rings. The van der Waals surface area contributed by atoms with Crippen molar-refractivity contribution in [2.24, 2.45) is 0 Å². The Morgan fingerprint density at radius 2 is 0.478 bits per heavy atom. The number of hydrogen-bond acceptors (Lipinski definition) is 1. The zero-order chi connectivity index (χ0) is 45.7. The van der Waals surface area contributed by atoms with E-state index in [1.54, 1.807) is 0 Å². The van der Waals surface area contributed by atoms with E-state index in [1.165, 1.54) is 110 Å². The van der Waals surface area contributed by atoms with Crippen LogP contribution in [-0.2, 0) is 0 Å². The molecule has 1 aliphatic carbocycles. The third-order valence-electron chi connectivity index (χ3n) is 14.0. The quantitative estimate of drug-likeness (QED) is 0.140. The van der Waals surface area contributed by atoms with Gasteiger partial charge in [0.25, 0.3) is 0 Å². The number of anilines is 3. The van der Waals surface area contributed by atoms with Crippen LogP contribution < -0.4 is 4.90 Å². The molecule has 13 rings (SSSR count). The summed E-state index contributed by atoms with van der Waals surface area (Å²) in [5.74, 6) is 0. The largest absolute Gasteiger partial charge is 0.311 e. The second-order valence-corrected chi connectivity index (χ2v) is 18.0. The van der Waals surface area contributed by atoms with E-state index in [-0.39, 0.29) is 0 Å². The van der Waals surface area contributed by atoms with Gasteiger partial charge in [-0.05, 0) is 147 Å². The predicted molar refractivity (Wildman–Crippen MR) is 295 cm³/mol. The van der Waals surface area contributed by atoms with Crippen molar-refractivity contribution in [3.05, 3.63) is 272 Å². The van der Waals surface area contributed by atoms with Crippen molar-refractivity contribution in [3.63, 3.8) is 0 Å². The van der Waals surface area contributed by atoms with Gasteiger partial charge in [0.15, 0.2) is 0 Å². The molecule has 322 valence electrons. The molecular formula is C68H45N. The Morgan fingerprint density at radius 1 is 0.188 bits per heavy atom. The van der Waals surface area contributed by atoms with Crippen LogP contribution >= 0.6 is 0 Å². The maximum Gasteiger partial charge on any atom is 0.0462 e. The van der Waals surface area contributed by atoms with Crippen molar-refractivity contribution in [1.82, 2.24) is 0 Å². The highest BCUT2D eigenvalue weighted by molar-refractivity contribution is 6.16. The van der Waals surface area contributed by atoms with E-state index in [9.17, 15) is 0 Å². The first-order chi connectivity index (χ1) is 34.2. The van der Waals surface area contributed by atoms with E-state index in [0.717, 1.165) is 17.1 Å². The number of fused-ring (bicyclic) bond motifs is 2. The summed E-state index contributed by atoms with van der Waals surface area (Å²) < 4.78 is 0. The zero-order valence-electron chi connectivity index (χ0n) is 37.9. The Kier molecular flexibility index (Phi) is 9.91. The molecule has 1 nitrogen and oxygen atoms in total. The lowest BCUT2D eigenvalue weighted by molar-refractivity contribution is 1.28. The third-order valence-corrected chi connectivity index (χ3v) is 14.0. The van der Waals surface area contributed by atoms with Crippen LogP contribution in [0.3, 0.4) is 0 Å². The fourth-order valence-electron chi connectivity index (χ4n) is 10.8. The molecule has 0 radical (unpaired) electrons. The molecule has 12 aromatic carbocycles. The first kappa shape index (κ1) is 40.3. The Morgan fingerprint density at radius 3 is 0.797 bits per heavy atom. The Labute approximate surface area is 403 Å². The minimum Gasteiger partial charge on any atom is -0.311 e. The molecular weight excluding hydrogens is 831 g/mol. The molecule has 0 heterocycles. The van der Waals surface area contributed by atoms with Gasteiger partial charge in [-0.1, -0.05) is 237 Å². The topological polar surface area (TPSA) is 3.24 Å². The van der Waals surface area contributed by atoms with Gasteiger partial charge in [-0.2, -0.15) is 0 Å². The molecule has 69 heavy (non-hydrogen) atoms. The molecule has 0 aliphatic heterocycles. The summed E-state index contributed by atoms with van der Waals surface area (Å²) >= 11 is 0. The van der Waals surface area contributed by atoms with E-state index >= 15 is 0 Å². The lowest BCUT2D eigenvalue weighted by Gasteiger charge is -2.26. The average Bonchev–Trinajstić information content (AvgIpc) is 3.86. The van der Waals surface area contributed by atoms with Crippen molar-refractivity contribution >= 4 is 61.5 Å². The molecule has 0 atom stereocenters. The lowest BCUT2D eigenvalue weighted by atomic mass is 9.89. The average molecular weight is 876 g/mol. The molecule has 0 saturated heterocycles. The van der Waals surface area contributed by atoms with E-state index in [1.807, 2.05) is 0 Å². The molecule has 0 saturated carbocycles. The van der Waals surface area contributed by atoms with E-state index in [0.29, 0.717) is 0 Å². The zero-order valence-corrected chi connectivity index (χ0v) is 37.9. The van der Waals surface area contributed by atoms with Gasteiger partial charge in [-0.15, -0.1) is 0 Å². The van der Waals surface area contributed by atoms with Crippen molar-refractivity contribution in [3.8, 4) is 66.8 Å². The van der Waals surface area contributed by atoms with Crippen LogP contribution in [0.25, 0.3) is 111 Å². The molecule has 12 aromatic rings. The van der Waals surface area contributed by atoms with Gasteiger partial charge in [0.1, 0.15) is 0 Å². The van der Waals surface area contributed by atoms with Crippen molar-refractivity contribution in [2.75, 3.05) is 4.90 Å². The normalized spacial score (nSPS) is 11.7. The molecule has 0 aromatic heterocycles. The fourth-order valence-corrected chi connectivity index (χ4v) is 10.8. The lowest BCUT2D eigenvalue weighted by Crippen LogP contribution is -2.09. The van der Waals surface area contributed by atoms with Gasteiger partial charge < -0.3 is 4.90 Å². The Balaban J connectivity index is 0.933. The Bertz CT molecular complexity index is 3700. The van der Waals surface area contributed by atoms with Gasteiger partial charge >= 0.3 is 0 Å². The van der Waals surface area contributed by atoms with Crippen LogP contribution in [0.2, 0.25) is 0 Å². The van der Waals surface area contributed by atoms with Crippen LogP contribution in [0, 0.1) is 0 Å². The fraction of sp³-hybridized carbons (Fsp3) is 0. The summed E-state index contributed by atoms with van der Waals surface area (Å²) in [6, 6.07) is 95.4. The molecule has 0 fully saturated rings. The summed E-state index contributed by atoms with van der Waals surface area (Å²) in [5.41, 5.74) is 20.4. The van der Waals surface area contributed by atoms with Crippen LogP contribution in [0.1, 0.15) is 11.1 Å². The predicted octanol–water partition coefficient (Wildman–Crippen LogP) is 19.1. The number of rotatable bonds is 9. The number of nitrogens with zero attached hydrogens (tertiary/aromatic N) is 1. The summed E-state index contributed by atoms with van der Waals surface area (Å²) in [4.78, 5) is 2.39. The summed E-state index contributed by atoms with van der Waals surface area (Å²) in [5, 5.41) is 7.61. The van der Waals surface area contributed by atoms with Crippen LogP contribution in [0.5, 0.6) is 0 Å². The monoisotopic (exact) mass is 875 g/mol. The minimum absolute atomic E-state index is 1.09. The van der Waals surface area contributed by atoms with Gasteiger partial charge in [-0.25, -0.2) is 0 Å². The Hall–Kier alpha value is -9.04. The van der Waals surface area contributed by atoms with Crippen molar-refractivity contribution < 1.29 is 0 Å². The molecule has 0 unspecified atom stereocenters. The standard InChI is InChI=1S/C68H45N/c1-4-14-46(15-5-1)59-24-10-20-52-22-12-26-61(66(52)59)49-30-38-56(39-31-49)69(57-40-32-50(33-41-57)62-27-13-23-53-21-11-25-60(67(53)62)47-16-6-2-7-17-47)58-42-34-51(35-43-58)64-45-37-55-29-28-54-36-44-63(68(64)65(54)55)48-18-8-3-9-19-48/h1-45H. The summed E-state index contributed by atoms with van der Waals surface area (Å²) in [6.45, 7) is 0. The molecule has 0 N–H and O–H groups in total. The first-order valence-corrected chi connectivity index (χ1v) is 23.8. The van der Waals surface area contributed by atoms with E-state index < -0.39 is 0 Å². The molecule has 0 amide bonds. The number of hydrogen-bond donors (Lipinski definition) is 0. The summed E-state index contributed by atoms with van der Waals surface area (Å²) in [6.07, 6.45) is 4.50. The highest BCUT2D eigenvalue weighted by Gasteiger charge is 2.20. The SMILES string of the molecule is C1=Cc2ccc(-c3ccc(N(c4ccc(-c5cccc6cccc(-c7ccccc7)c56)cc4)c4ccc(-c5cccc6cccc(-c7ccccc7)c56)cc4)cc3)c3c(-c4ccccc4)ccc1c23. The highest BCUT2D eigenvalue weighted by Crippen LogP contribution is 2.45.